The number of likely N-dealkylation sites (tertiary alicyclic amines) is 1. The van der Waals surface area contributed by atoms with Crippen LogP contribution in [-0.4, -0.2) is 30.9 Å². The van der Waals surface area contributed by atoms with E-state index >= 15 is 0 Å². The van der Waals surface area contributed by atoms with E-state index in [9.17, 15) is 4.79 Å². The lowest BCUT2D eigenvalue weighted by atomic mass is 9.96. The molecule has 0 aliphatic carbocycles. The summed E-state index contributed by atoms with van der Waals surface area (Å²) >= 11 is 0. The van der Waals surface area contributed by atoms with Crippen molar-refractivity contribution in [3.05, 3.63) is 37.1 Å². The zero-order chi connectivity index (χ0) is 12.0. The first-order valence-corrected chi connectivity index (χ1v) is 5.62. The van der Waals surface area contributed by atoms with Gasteiger partial charge in [0.15, 0.2) is 0 Å². The SMILES string of the molecule is C=C/C=C(\C=C)NC(=O)C1CCN(C)CC1. The molecule has 0 atom stereocenters. The monoisotopic (exact) mass is 220 g/mol. The first-order valence-electron chi connectivity index (χ1n) is 5.62. The van der Waals surface area contributed by atoms with Gasteiger partial charge >= 0.3 is 0 Å². The van der Waals surface area contributed by atoms with Crippen molar-refractivity contribution < 1.29 is 4.79 Å². The van der Waals surface area contributed by atoms with E-state index in [0.717, 1.165) is 31.6 Å². The van der Waals surface area contributed by atoms with E-state index < -0.39 is 0 Å². The molecule has 0 spiro atoms. The number of piperidine rings is 1. The highest BCUT2D eigenvalue weighted by Crippen LogP contribution is 2.16. The number of carbonyl (C=O) groups excluding carboxylic acids is 1. The zero-order valence-corrected chi connectivity index (χ0v) is 9.91. The summed E-state index contributed by atoms with van der Waals surface area (Å²) in [5.41, 5.74) is 0.721. The van der Waals surface area contributed by atoms with Crippen LogP contribution in [0.5, 0.6) is 0 Å². The normalized spacial score (nSPS) is 19.2. The molecule has 0 unspecified atom stereocenters. The number of allylic oxidation sites excluding steroid dienone is 3. The van der Waals surface area contributed by atoms with Crippen LogP contribution >= 0.6 is 0 Å². The number of amides is 1. The second kappa shape index (κ2) is 6.28. The fourth-order valence-corrected chi connectivity index (χ4v) is 1.80. The van der Waals surface area contributed by atoms with Crippen molar-refractivity contribution >= 4 is 5.91 Å². The van der Waals surface area contributed by atoms with Crippen LogP contribution in [0.3, 0.4) is 0 Å². The lowest BCUT2D eigenvalue weighted by molar-refractivity contribution is -0.125. The van der Waals surface area contributed by atoms with Crippen molar-refractivity contribution in [1.82, 2.24) is 10.2 Å². The van der Waals surface area contributed by atoms with Crippen LogP contribution in [0.25, 0.3) is 0 Å². The molecule has 0 aromatic rings. The second-order valence-corrected chi connectivity index (χ2v) is 4.13. The molecule has 1 amide bonds. The van der Waals surface area contributed by atoms with Gasteiger partial charge in [0.25, 0.3) is 0 Å². The molecule has 1 heterocycles. The van der Waals surface area contributed by atoms with E-state index in [2.05, 4.69) is 30.4 Å². The van der Waals surface area contributed by atoms with Crippen LogP contribution in [-0.2, 0) is 4.79 Å². The Bertz CT molecular complexity index is 299. The molecule has 88 valence electrons. The molecular formula is C13H20N2O. The van der Waals surface area contributed by atoms with Crippen LogP contribution in [0.2, 0.25) is 0 Å². The molecule has 3 heteroatoms. The van der Waals surface area contributed by atoms with Gasteiger partial charge in [-0.2, -0.15) is 0 Å². The molecule has 0 bridgehead atoms. The van der Waals surface area contributed by atoms with Crippen LogP contribution in [0.4, 0.5) is 0 Å². The molecule has 0 aromatic carbocycles. The fourth-order valence-electron chi connectivity index (χ4n) is 1.80. The minimum atomic E-state index is 0.0982. The Morgan fingerprint density at radius 2 is 2.00 bits per heavy atom. The Morgan fingerprint density at radius 1 is 1.38 bits per heavy atom. The minimum absolute atomic E-state index is 0.0982. The molecule has 0 saturated carbocycles. The van der Waals surface area contributed by atoms with E-state index in [4.69, 9.17) is 0 Å². The zero-order valence-electron chi connectivity index (χ0n) is 9.91. The van der Waals surface area contributed by atoms with E-state index in [1.54, 1.807) is 18.2 Å². The highest BCUT2D eigenvalue weighted by Gasteiger charge is 2.23. The molecule has 0 radical (unpaired) electrons. The number of hydrogen-bond acceptors (Lipinski definition) is 2. The minimum Gasteiger partial charge on any atom is -0.326 e. The van der Waals surface area contributed by atoms with Gasteiger partial charge in [-0.1, -0.05) is 19.2 Å². The van der Waals surface area contributed by atoms with E-state index in [0.29, 0.717) is 0 Å². The van der Waals surface area contributed by atoms with Crippen molar-refractivity contribution in [3.63, 3.8) is 0 Å². The highest BCUT2D eigenvalue weighted by atomic mass is 16.1. The Morgan fingerprint density at radius 3 is 2.50 bits per heavy atom. The van der Waals surface area contributed by atoms with Gasteiger partial charge < -0.3 is 10.2 Å². The van der Waals surface area contributed by atoms with Crippen LogP contribution in [0.1, 0.15) is 12.8 Å². The van der Waals surface area contributed by atoms with E-state index in [1.165, 1.54) is 0 Å². The predicted octanol–water partition coefficient (Wildman–Crippen LogP) is 1.70. The van der Waals surface area contributed by atoms with Gasteiger partial charge in [-0.3, -0.25) is 4.79 Å². The van der Waals surface area contributed by atoms with Gasteiger partial charge in [-0.25, -0.2) is 0 Å². The molecule has 1 rings (SSSR count). The number of rotatable bonds is 4. The number of carbonyl (C=O) groups is 1. The molecule has 1 N–H and O–H groups in total. The van der Waals surface area contributed by atoms with Crippen LogP contribution in [0.15, 0.2) is 37.1 Å². The molecule has 0 aromatic heterocycles. The van der Waals surface area contributed by atoms with Gasteiger partial charge in [0.2, 0.25) is 5.91 Å². The van der Waals surface area contributed by atoms with E-state index in [-0.39, 0.29) is 11.8 Å². The number of nitrogens with zero attached hydrogens (tertiary/aromatic N) is 1. The maximum absolute atomic E-state index is 11.9. The Hall–Kier alpha value is -1.35. The van der Waals surface area contributed by atoms with Gasteiger partial charge in [0.1, 0.15) is 0 Å². The summed E-state index contributed by atoms with van der Waals surface area (Å²) in [6.45, 7) is 9.23. The second-order valence-electron chi connectivity index (χ2n) is 4.13. The van der Waals surface area contributed by atoms with Gasteiger partial charge in [-0.05, 0) is 45.1 Å². The Kier molecular flexibility index (Phi) is 4.99. The standard InChI is InChI=1S/C13H20N2O/c1-4-6-12(5-2)14-13(16)11-7-9-15(3)10-8-11/h4-6,11H,1-2,7-10H2,3H3,(H,14,16)/b12-6+. The van der Waals surface area contributed by atoms with Crippen molar-refractivity contribution in [2.45, 2.75) is 12.8 Å². The Labute approximate surface area is 97.5 Å². The summed E-state index contributed by atoms with van der Waals surface area (Å²) < 4.78 is 0. The molecule has 3 nitrogen and oxygen atoms in total. The van der Waals surface area contributed by atoms with Gasteiger partial charge in [-0.15, -0.1) is 0 Å². The van der Waals surface area contributed by atoms with Crippen molar-refractivity contribution in [2.75, 3.05) is 20.1 Å². The first-order chi connectivity index (χ1) is 7.67. The lowest BCUT2D eigenvalue weighted by Crippen LogP contribution is -2.38. The summed E-state index contributed by atoms with van der Waals surface area (Å²) in [6.07, 6.45) is 6.89. The third-order valence-electron chi connectivity index (χ3n) is 2.87. The smallest absolute Gasteiger partial charge is 0.227 e. The maximum Gasteiger partial charge on any atom is 0.227 e. The Balaban J connectivity index is 2.48. The van der Waals surface area contributed by atoms with E-state index in [1.807, 2.05) is 0 Å². The maximum atomic E-state index is 11.9. The van der Waals surface area contributed by atoms with Crippen molar-refractivity contribution in [2.24, 2.45) is 5.92 Å². The van der Waals surface area contributed by atoms with Crippen molar-refractivity contribution in [1.29, 1.82) is 0 Å². The summed E-state index contributed by atoms with van der Waals surface area (Å²) in [5.74, 6) is 0.227. The third kappa shape index (κ3) is 3.66. The first kappa shape index (κ1) is 12.7. The number of hydrogen-bond donors (Lipinski definition) is 1. The third-order valence-corrected chi connectivity index (χ3v) is 2.87. The molecule has 1 aliphatic heterocycles. The average Bonchev–Trinajstić information content (AvgIpc) is 2.29. The largest absolute Gasteiger partial charge is 0.326 e. The van der Waals surface area contributed by atoms with Crippen LogP contribution in [0, 0.1) is 5.92 Å². The lowest BCUT2D eigenvalue weighted by Gasteiger charge is -2.28. The average molecular weight is 220 g/mol. The summed E-state index contributed by atoms with van der Waals surface area (Å²) in [4.78, 5) is 14.1. The van der Waals surface area contributed by atoms with Gasteiger partial charge in [0, 0.05) is 11.6 Å². The molecule has 1 aliphatic rings. The number of nitrogens with one attached hydrogen (secondary N) is 1. The summed E-state index contributed by atoms with van der Waals surface area (Å²) in [5, 5.41) is 2.87. The summed E-state index contributed by atoms with van der Waals surface area (Å²) in [6, 6.07) is 0. The van der Waals surface area contributed by atoms with Crippen molar-refractivity contribution in [3.8, 4) is 0 Å². The molecule has 1 fully saturated rings. The molecular weight excluding hydrogens is 200 g/mol. The topological polar surface area (TPSA) is 32.3 Å². The van der Waals surface area contributed by atoms with Gasteiger partial charge in [0.05, 0.1) is 0 Å². The summed E-state index contributed by atoms with van der Waals surface area (Å²) in [7, 11) is 2.08. The van der Waals surface area contributed by atoms with Crippen LogP contribution < -0.4 is 5.32 Å². The molecule has 1 saturated heterocycles. The quantitative estimate of drug-likeness (QED) is 0.731. The fraction of sp³-hybridized carbons (Fsp3) is 0.462. The predicted molar refractivity (Wildman–Crippen MR) is 66.8 cm³/mol. The molecule has 16 heavy (non-hydrogen) atoms. The highest BCUT2D eigenvalue weighted by molar-refractivity contribution is 5.81.